The van der Waals surface area contributed by atoms with Gasteiger partial charge in [-0.3, -0.25) is 9.89 Å². The van der Waals surface area contributed by atoms with Crippen molar-refractivity contribution >= 4 is 17.7 Å². The van der Waals surface area contributed by atoms with E-state index in [0.29, 0.717) is 18.5 Å². The van der Waals surface area contributed by atoms with Crippen LogP contribution in [0.25, 0.3) is 0 Å². The fourth-order valence-electron chi connectivity index (χ4n) is 1.57. The number of rotatable bonds is 5. The van der Waals surface area contributed by atoms with E-state index >= 15 is 0 Å². The highest BCUT2D eigenvalue weighted by molar-refractivity contribution is 7.98. The number of thioether (sulfide) groups is 1. The molecule has 0 saturated heterocycles. The van der Waals surface area contributed by atoms with Crippen LogP contribution in [-0.4, -0.2) is 33.9 Å². The highest BCUT2D eigenvalue weighted by atomic mass is 32.2. The molecule has 5 nitrogen and oxygen atoms in total. The molecule has 2 rings (SSSR count). The van der Waals surface area contributed by atoms with Crippen molar-refractivity contribution in [3.8, 4) is 0 Å². The van der Waals surface area contributed by atoms with Gasteiger partial charge in [-0.1, -0.05) is 12.1 Å². The van der Waals surface area contributed by atoms with Gasteiger partial charge in [0.1, 0.15) is 12.2 Å². The molecule has 94 valence electrons. The number of nitrogens with zero attached hydrogens (tertiary/aromatic N) is 2. The van der Waals surface area contributed by atoms with Crippen molar-refractivity contribution in [1.82, 2.24) is 20.5 Å². The Morgan fingerprint density at radius 2 is 2.28 bits per heavy atom. The lowest BCUT2D eigenvalue weighted by molar-refractivity contribution is 0.0951. The van der Waals surface area contributed by atoms with E-state index in [0.717, 1.165) is 10.7 Å². The third-order valence-corrected chi connectivity index (χ3v) is 3.26. The molecule has 0 spiro atoms. The topological polar surface area (TPSA) is 70.7 Å². The van der Waals surface area contributed by atoms with Crippen LogP contribution in [0.3, 0.4) is 0 Å². The van der Waals surface area contributed by atoms with Gasteiger partial charge < -0.3 is 5.32 Å². The van der Waals surface area contributed by atoms with Crippen LogP contribution in [0.5, 0.6) is 0 Å². The Hall–Kier alpha value is -1.82. The number of aromatic amines is 1. The Bertz CT molecular complexity index is 513. The van der Waals surface area contributed by atoms with E-state index in [-0.39, 0.29) is 5.91 Å². The molecule has 1 aromatic carbocycles. The highest BCUT2D eigenvalue weighted by Gasteiger charge is 2.09. The van der Waals surface area contributed by atoms with Crippen molar-refractivity contribution in [3.63, 3.8) is 0 Å². The lowest BCUT2D eigenvalue weighted by Crippen LogP contribution is -2.26. The third kappa shape index (κ3) is 3.10. The number of carbonyl (C=O) groups is 1. The summed E-state index contributed by atoms with van der Waals surface area (Å²) < 4.78 is 0. The van der Waals surface area contributed by atoms with Crippen LogP contribution in [0.4, 0.5) is 0 Å². The lowest BCUT2D eigenvalue weighted by atomic mass is 10.2. The van der Waals surface area contributed by atoms with Crippen molar-refractivity contribution in [2.24, 2.45) is 0 Å². The van der Waals surface area contributed by atoms with Gasteiger partial charge >= 0.3 is 0 Å². The largest absolute Gasteiger partial charge is 0.352 e. The van der Waals surface area contributed by atoms with E-state index in [1.165, 1.54) is 6.33 Å². The molecule has 0 aliphatic heterocycles. The van der Waals surface area contributed by atoms with E-state index in [1.807, 2.05) is 30.5 Å². The molecule has 0 unspecified atom stereocenters. The number of H-pyrrole nitrogens is 1. The molecule has 0 bridgehead atoms. The molecule has 0 atom stereocenters. The van der Waals surface area contributed by atoms with E-state index in [1.54, 1.807) is 11.8 Å². The first-order valence-electron chi connectivity index (χ1n) is 5.56. The Labute approximate surface area is 109 Å². The van der Waals surface area contributed by atoms with Crippen LogP contribution in [0.2, 0.25) is 0 Å². The van der Waals surface area contributed by atoms with E-state index in [9.17, 15) is 4.79 Å². The van der Waals surface area contributed by atoms with Crippen LogP contribution in [-0.2, 0) is 6.42 Å². The van der Waals surface area contributed by atoms with Crippen molar-refractivity contribution in [3.05, 3.63) is 42.0 Å². The summed E-state index contributed by atoms with van der Waals surface area (Å²) in [5, 5.41) is 9.38. The zero-order chi connectivity index (χ0) is 12.8. The molecule has 0 radical (unpaired) electrons. The zero-order valence-corrected chi connectivity index (χ0v) is 10.8. The molecule has 2 aromatic rings. The SMILES string of the molecule is CSc1ccccc1C(=O)NCCc1ncn[nH]1. The second-order valence-electron chi connectivity index (χ2n) is 3.64. The minimum absolute atomic E-state index is 0.0561. The second-order valence-corrected chi connectivity index (χ2v) is 4.49. The van der Waals surface area contributed by atoms with Crippen molar-refractivity contribution < 1.29 is 4.79 Å². The minimum atomic E-state index is -0.0561. The first kappa shape index (κ1) is 12.6. The van der Waals surface area contributed by atoms with Crippen LogP contribution < -0.4 is 5.32 Å². The van der Waals surface area contributed by atoms with Crippen LogP contribution >= 0.6 is 11.8 Å². The average Bonchev–Trinajstić information content (AvgIpc) is 2.91. The van der Waals surface area contributed by atoms with Crippen LogP contribution in [0.15, 0.2) is 35.5 Å². The molecule has 2 N–H and O–H groups in total. The molecule has 18 heavy (non-hydrogen) atoms. The van der Waals surface area contributed by atoms with Gasteiger partial charge in [0.05, 0.1) is 5.56 Å². The summed E-state index contributed by atoms with van der Waals surface area (Å²) in [6.45, 7) is 0.538. The smallest absolute Gasteiger partial charge is 0.252 e. The first-order valence-corrected chi connectivity index (χ1v) is 6.79. The summed E-state index contributed by atoms with van der Waals surface area (Å²) >= 11 is 1.57. The normalized spacial score (nSPS) is 10.3. The van der Waals surface area contributed by atoms with E-state index < -0.39 is 0 Å². The Morgan fingerprint density at radius 1 is 1.44 bits per heavy atom. The second kappa shape index (κ2) is 6.20. The molecule has 0 aliphatic rings. The standard InChI is InChI=1S/C12H14N4OS/c1-18-10-5-3-2-4-9(10)12(17)13-7-6-11-14-8-15-16-11/h2-5,8H,6-7H2,1H3,(H,13,17)(H,14,15,16). The van der Waals surface area contributed by atoms with E-state index in [4.69, 9.17) is 0 Å². The fourth-order valence-corrected chi connectivity index (χ4v) is 2.17. The van der Waals surface area contributed by atoms with Crippen LogP contribution in [0.1, 0.15) is 16.2 Å². The maximum atomic E-state index is 12.0. The molecule has 1 aromatic heterocycles. The monoisotopic (exact) mass is 262 g/mol. The Kier molecular flexibility index (Phi) is 4.35. The van der Waals surface area contributed by atoms with Gasteiger partial charge in [0.15, 0.2) is 0 Å². The molecule has 1 heterocycles. The number of aromatic nitrogens is 3. The zero-order valence-electron chi connectivity index (χ0n) is 10.0. The van der Waals surface area contributed by atoms with Gasteiger partial charge in [-0.15, -0.1) is 11.8 Å². The number of hydrogen-bond donors (Lipinski definition) is 2. The fraction of sp³-hybridized carbons (Fsp3) is 0.250. The predicted octanol–water partition coefficient (Wildman–Crippen LogP) is 1.50. The maximum Gasteiger partial charge on any atom is 0.252 e. The summed E-state index contributed by atoms with van der Waals surface area (Å²) in [5.74, 6) is 0.716. The molecule has 6 heteroatoms. The van der Waals surface area contributed by atoms with Gasteiger partial charge in [-0.25, -0.2) is 4.98 Å². The summed E-state index contributed by atoms with van der Waals surface area (Å²) in [6.07, 6.45) is 4.06. The molecule has 0 aliphatic carbocycles. The van der Waals surface area contributed by atoms with Crippen molar-refractivity contribution in [2.45, 2.75) is 11.3 Å². The molecular weight excluding hydrogens is 248 g/mol. The predicted molar refractivity (Wildman–Crippen MR) is 70.6 cm³/mol. The molecular formula is C12H14N4OS. The van der Waals surface area contributed by atoms with Gasteiger partial charge in [0.25, 0.3) is 5.91 Å². The summed E-state index contributed by atoms with van der Waals surface area (Å²) in [7, 11) is 0. The molecule has 1 amide bonds. The van der Waals surface area contributed by atoms with Gasteiger partial charge in [-0.2, -0.15) is 5.10 Å². The van der Waals surface area contributed by atoms with Gasteiger partial charge in [0, 0.05) is 17.9 Å². The molecule has 0 saturated carbocycles. The summed E-state index contributed by atoms with van der Waals surface area (Å²) in [5.41, 5.74) is 0.711. The number of amides is 1. The van der Waals surface area contributed by atoms with Gasteiger partial charge in [0.2, 0.25) is 0 Å². The lowest BCUT2D eigenvalue weighted by Gasteiger charge is -2.07. The van der Waals surface area contributed by atoms with Crippen molar-refractivity contribution in [2.75, 3.05) is 12.8 Å². The number of benzene rings is 1. The van der Waals surface area contributed by atoms with E-state index in [2.05, 4.69) is 20.5 Å². The number of nitrogens with one attached hydrogen (secondary N) is 2. The van der Waals surface area contributed by atoms with Crippen molar-refractivity contribution in [1.29, 1.82) is 0 Å². The Balaban J connectivity index is 1.91. The average molecular weight is 262 g/mol. The number of carbonyl (C=O) groups excluding carboxylic acids is 1. The summed E-state index contributed by atoms with van der Waals surface area (Å²) in [4.78, 5) is 17.0. The highest BCUT2D eigenvalue weighted by Crippen LogP contribution is 2.19. The third-order valence-electron chi connectivity index (χ3n) is 2.46. The first-order chi connectivity index (χ1) is 8.81. The minimum Gasteiger partial charge on any atom is -0.352 e. The summed E-state index contributed by atoms with van der Waals surface area (Å²) in [6, 6.07) is 7.56. The Morgan fingerprint density at radius 3 is 3.00 bits per heavy atom. The van der Waals surface area contributed by atoms with Gasteiger partial charge in [-0.05, 0) is 18.4 Å². The number of hydrogen-bond acceptors (Lipinski definition) is 4. The molecule has 0 fully saturated rings. The maximum absolute atomic E-state index is 12.0. The quantitative estimate of drug-likeness (QED) is 0.801. The van der Waals surface area contributed by atoms with Crippen LogP contribution in [0, 0.1) is 0 Å².